The first-order chi connectivity index (χ1) is 8.75. The van der Waals surface area contributed by atoms with Gasteiger partial charge >= 0.3 is 0 Å². The lowest BCUT2D eigenvalue weighted by molar-refractivity contribution is 0.0688. The van der Waals surface area contributed by atoms with E-state index >= 15 is 0 Å². The second kappa shape index (κ2) is 9.02. The zero-order valence-corrected chi connectivity index (χ0v) is 11.9. The van der Waals surface area contributed by atoms with E-state index in [2.05, 4.69) is 26.2 Å². The summed E-state index contributed by atoms with van der Waals surface area (Å²) in [5.74, 6) is -0.181. The molecule has 18 heavy (non-hydrogen) atoms. The van der Waals surface area contributed by atoms with Gasteiger partial charge in [0.15, 0.2) is 0 Å². The minimum absolute atomic E-state index is 0.181. The Morgan fingerprint density at radius 2 is 2.28 bits per heavy atom. The van der Waals surface area contributed by atoms with Gasteiger partial charge in [-0.2, -0.15) is 0 Å². The molecule has 0 aliphatic heterocycles. The SMILES string of the molecule is COCCOCCCNC(=O)c1ncccc1Br. The number of hydrogen-bond donors (Lipinski definition) is 1. The quantitative estimate of drug-likeness (QED) is 0.740. The second-order valence-corrected chi connectivity index (χ2v) is 4.40. The summed E-state index contributed by atoms with van der Waals surface area (Å²) in [4.78, 5) is 15.7. The highest BCUT2D eigenvalue weighted by Crippen LogP contribution is 2.12. The molecule has 1 aromatic rings. The average Bonchev–Trinajstić information content (AvgIpc) is 2.38. The first-order valence-electron chi connectivity index (χ1n) is 5.71. The van der Waals surface area contributed by atoms with Crippen molar-refractivity contribution in [3.63, 3.8) is 0 Å². The van der Waals surface area contributed by atoms with Gasteiger partial charge in [0.1, 0.15) is 5.69 Å². The van der Waals surface area contributed by atoms with E-state index < -0.39 is 0 Å². The van der Waals surface area contributed by atoms with Gasteiger partial charge in [-0.25, -0.2) is 4.98 Å². The van der Waals surface area contributed by atoms with Gasteiger partial charge in [-0.15, -0.1) is 0 Å². The van der Waals surface area contributed by atoms with E-state index in [0.29, 0.717) is 36.5 Å². The van der Waals surface area contributed by atoms with Crippen LogP contribution in [-0.2, 0) is 9.47 Å². The Hall–Kier alpha value is -0.980. The molecule has 5 nitrogen and oxygen atoms in total. The topological polar surface area (TPSA) is 60.5 Å². The van der Waals surface area contributed by atoms with Crippen molar-refractivity contribution in [1.29, 1.82) is 0 Å². The Morgan fingerprint density at radius 3 is 3.00 bits per heavy atom. The summed E-state index contributed by atoms with van der Waals surface area (Å²) in [6.07, 6.45) is 2.35. The molecular formula is C12H17BrN2O3. The van der Waals surface area contributed by atoms with Crippen molar-refractivity contribution in [2.24, 2.45) is 0 Å². The van der Waals surface area contributed by atoms with Crippen LogP contribution in [0.4, 0.5) is 0 Å². The number of aromatic nitrogens is 1. The molecule has 0 unspecified atom stereocenters. The first-order valence-corrected chi connectivity index (χ1v) is 6.50. The molecule has 1 rings (SSSR count). The fraction of sp³-hybridized carbons (Fsp3) is 0.500. The fourth-order valence-corrected chi connectivity index (χ4v) is 1.69. The van der Waals surface area contributed by atoms with Gasteiger partial charge in [-0.05, 0) is 34.5 Å². The van der Waals surface area contributed by atoms with Crippen LogP contribution >= 0.6 is 15.9 Å². The molecule has 0 radical (unpaired) electrons. The van der Waals surface area contributed by atoms with Crippen molar-refractivity contribution < 1.29 is 14.3 Å². The van der Waals surface area contributed by atoms with Gasteiger partial charge in [0.2, 0.25) is 0 Å². The van der Waals surface area contributed by atoms with Gasteiger partial charge in [0.05, 0.1) is 13.2 Å². The predicted molar refractivity (Wildman–Crippen MR) is 71.6 cm³/mol. The molecule has 1 amide bonds. The Morgan fingerprint density at radius 1 is 1.44 bits per heavy atom. The maximum Gasteiger partial charge on any atom is 0.271 e. The van der Waals surface area contributed by atoms with Crippen molar-refractivity contribution in [1.82, 2.24) is 10.3 Å². The number of methoxy groups -OCH3 is 1. The molecule has 6 heteroatoms. The van der Waals surface area contributed by atoms with Crippen LogP contribution in [0.25, 0.3) is 0 Å². The largest absolute Gasteiger partial charge is 0.382 e. The van der Waals surface area contributed by atoms with E-state index in [4.69, 9.17) is 9.47 Å². The van der Waals surface area contributed by atoms with Crippen LogP contribution in [0.3, 0.4) is 0 Å². The van der Waals surface area contributed by atoms with Crippen molar-refractivity contribution in [2.45, 2.75) is 6.42 Å². The monoisotopic (exact) mass is 316 g/mol. The summed E-state index contributed by atoms with van der Waals surface area (Å²) >= 11 is 3.29. The van der Waals surface area contributed by atoms with Crippen LogP contribution in [0.1, 0.15) is 16.9 Å². The fourth-order valence-electron chi connectivity index (χ4n) is 1.26. The summed E-state index contributed by atoms with van der Waals surface area (Å²) in [7, 11) is 1.63. The van der Waals surface area contributed by atoms with E-state index in [-0.39, 0.29) is 5.91 Å². The molecule has 0 aliphatic rings. The number of amides is 1. The number of ether oxygens (including phenoxy) is 2. The number of pyridine rings is 1. The summed E-state index contributed by atoms with van der Waals surface area (Å²) in [6.45, 7) is 2.34. The zero-order valence-electron chi connectivity index (χ0n) is 10.3. The summed E-state index contributed by atoms with van der Waals surface area (Å²) in [6, 6.07) is 3.56. The third kappa shape index (κ3) is 5.57. The summed E-state index contributed by atoms with van der Waals surface area (Å²) in [5.41, 5.74) is 0.401. The lowest BCUT2D eigenvalue weighted by Gasteiger charge is -2.06. The molecule has 0 fully saturated rings. The highest BCUT2D eigenvalue weighted by atomic mass is 79.9. The van der Waals surface area contributed by atoms with Gasteiger partial charge < -0.3 is 14.8 Å². The third-order valence-electron chi connectivity index (χ3n) is 2.16. The second-order valence-electron chi connectivity index (χ2n) is 3.55. The number of nitrogens with one attached hydrogen (secondary N) is 1. The van der Waals surface area contributed by atoms with Crippen LogP contribution in [-0.4, -0.2) is 44.4 Å². The molecule has 0 spiro atoms. The third-order valence-corrected chi connectivity index (χ3v) is 2.80. The molecule has 0 atom stereocenters. The van der Waals surface area contributed by atoms with Crippen LogP contribution in [0, 0.1) is 0 Å². The van der Waals surface area contributed by atoms with Crippen LogP contribution in [0.15, 0.2) is 22.8 Å². The van der Waals surface area contributed by atoms with E-state index in [9.17, 15) is 4.79 Å². The molecular weight excluding hydrogens is 300 g/mol. The molecule has 100 valence electrons. The number of rotatable bonds is 8. The molecule has 0 bridgehead atoms. The Balaban J connectivity index is 2.16. The maximum absolute atomic E-state index is 11.7. The average molecular weight is 317 g/mol. The van der Waals surface area contributed by atoms with E-state index in [1.54, 1.807) is 25.4 Å². The Bertz CT molecular complexity index is 374. The number of hydrogen-bond acceptors (Lipinski definition) is 4. The van der Waals surface area contributed by atoms with Gasteiger partial charge in [-0.3, -0.25) is 4.79 Å². The van der Waals surface area contributed by atoms with Gasteiger partial charge in [0.25, 0.3) is 5.91 Å². The number of carbonyl (C=O) groups is 1. The van der Waals surface area contributed by atoms with Crippen molar-refractivity contribution >= 4 is 21.8 Å². The molecule has 1 N–H and O–H groups in total. The first kappa shape index (κ1) is 15.1. The standard InChI is InChI=1S/C12H17BrN2O3/c1-17-8-9-18-7-3-6-15-12(16)11-10(13)4-2-5-14-11/h2,4-5H,3,6-9H2,1H3,(H,15,16). The molecule has 1 aromatic heterocycles. The van der Waals surface area contributed by atoms with Gasteiger partial charge in [-0.1, -0.05) is 0 Å². The molecule has 0 aliphatic carbocycles. The molecule has 0 saturated carbocycles. The smallest absolute Gasteiger partial charge is 0.271 e. The summed E-state index contributed by atoms with van der Waals surface area (Å²) < 4.78 is 10.8. The maximum atomic E-state index is 11.7. The van der Waals surface area contributed by atoms with Crippen molar-refractivity contribution in [3.05, 3.63) is 28.5 Å². The highest BCUT2D eigenvalue weighted by molar-refractivity contribution is 9.10. The van der Waals surface area contributed by atoms with E-state index in [0.717, 1.165) is 6.42 Å². The van der Waals surface area contributed by atoms with Crippen LogP contribution in [0.2, 0.25) is 0 Å². The van der Waals surface area contributed by atoms with E-state index in [1.165, 1.54) is 0 Å². The zero-order chi connectivity index (χ0) is 13.2. The van der Waals surface area contributed by atoms with Gasteiger partial charge in [0, 0.05) is 30.9 Å². The predicted octanol–water partition coefficient (Wildman–Crippen LogP) is 1.63. The van der Waals surface area contributed by atoms with E-state index in [1.807, 2.05) is 0 Å². The highest BCUT2D eigenvalue weighted by Gasteiger charge is 2.09. The van der Waals surface area contributed by atoms with Crippen LogP contribution < -0.4 is 5.32 Å². The number of halogens is 1. The van der Waals surface area contributed by atoms with Crippen molar-refractivity contribution in [3.8, 4) is 0 Å². The summed E-state index contributed by atoms with van der Waals surface area (Å²) in [5, 5.41) is 2.79. The Labute approximate surface area is 115 Å². The normalized spacial score (nSPS) is 10.3. The molecule has 1 heterocycles. The molecule has 0 saturated heterocycles. The van der Waals surface area contributed by atoms with Crippen molar-refractivity contribution in [2.75, 3.05) is 33.5 Å². The lowest BCUT2D eigenvalue weighted by atomic mass is 10.3. The van der Waals surface area contributed by atoms with Crippen LogP contribution in [0.5, 0.6) is 0 Å². The minimum Gasteiger partial charge on any atom is -0.382 e. The lowest BCUT2D eigenvalue weighted by Crippen LogP contribution is -2.26. The number of nitrogens with zero attached hydrogens (tertiary/aromatic N) is 1. The number of carbonyl (C=O) groups excluding carboxylic acids is 1. The molecule has 0 aromatic carbocycles. The minimum atomic E-state index is -0.181. The Kier molecular flexibility index (Phi) is 7.55.